The Morgan fingerprint density at radius 1 is 1.07 bits per heavy atom. The highest BCUT2D eigenvalue weighted by atomic mass is 127. The van der Waals surface area contributed by atoms with Crippen LogP contribution in [0.1, 0.15) is 51.4 Å². The highest BCUT2D eigenvalue weighted by molar-refractivity contribution is 14.0. The van der Waals surface area contributed by atoms with Crippen LogP contribution >= 0.6 is 24.0 Å². The Kier molecular flexibility index (Phi) is 11.7. The van der Waals surface area contributed by atoms with Crippen molar-refractivity contribution in [1.29, 1.82) is 0 Å². The maximum atomic E-state index is 12.8. The summed E-state index contributed by atoms with van der Waals surface area (Å²) in [7, 11) is 3.60. The van der Waals surface area contributed by atoms with Crippen molar-refractivity contribution in [3.05, 3.63) is 0 Å². The Hall–Kier alpha value is -0.610. The number of amides is 1. The largest absolute Gasteiger partial charge is 0.383 e. The van der Waals surface area contributed by atoms with Crippen molar-refractivity contribution in [3.63, 3.8) is 0 Å². The average molecular weight is 536 g/mol. The number of likely N-dealkylation sites (tertiary alicyclic amines) is 2. The molecule has 30 heavy (non-hydrogen) atoms. The summed E-state index contributed by atoms with van der Waals surface area (Å²) in [5.74, 6) is 2.23. The van der Waals surface area contributed by atoms with Crippen LogP contribution in [0.3, 0.4) is 0 Å². The van der Waals surface area contributed by atoms with Crippen LogP contribution in [0.4, 0.5) is 0 Å². The third-order valence-electron chi connectivity index (χ3n) is 6.90. The Labute approximate surface area is 199 Å². The summed E-state index contributed by atoms with van der Waals surface area (Å²) in [5.41, 5.74) is 0. The summed E-state index contributed by atoms with van der Waals surface area (Å²) in [6.45, 7) is 6.83. The highest BCUT2D eigenvalue weighted by Gasteiger charge is 2.31. The van der Waals surface area contributed by atoms with Crippen LogP contribution in [0, 0.1) is 11.8 Å². The molecule has 0 aromatic carbocycles. The second-order valence-electron chi connectivity index (χ2n) is 8.98. The molecule has 2 saturated heterocycles. The molecule has 2 heterocycles. The SMILES string of the molecule is CN=C(NCC1CCN(CCOC)CC1)NC1CCN(C(=O)C2CCCCC2)C1.I. The Balaban J connectivity index is 0.00000320. The molecule has 0 radical (unpaired) electrons. The van der Waals surface area contributed by atoms with Gasteiger partial charge in [-0.05, 0) is 51.1 Å². The minimum Gasteiger partial charge on any atom is -0.383 e. The summed E-state index contributed by atoms with van der Waals surface area (Å²) in [6.07, 6.45) is 9.35. The Morgan fingerprint density at radius 3 is 2.47 bits per heavy atom. The number of guanidine groups is 1. The molecular formula is C22H42IN5O2. The molecule has 2 aliphatic heterocycles. The zero-order valence-corrected chi connectivity index (χ0v) is 21.2. The van der Waals surface area contributed by atoms with Crippen LogP contribution in [0.2, 0.25) is 0 Å². The minimum absolute atomic E-state index is 0. The van der Waals surface area contributed by atoms with Gasteiger partial charge < -0.3 is 25.2 Å². The average Bonchev–Trinajstić information content (AvgIpc) is 3.24. The van der Waals surface area contributed by atoms with E-state index in [0.717, 1.165) is 71.1 Å². The van der Waals surface area contributed by atoms with Crippen molar-refractivity contribution < 1.29 is 9.53 Å². The number of ether oxygens (including phenoxy) is 1. The second-order valence-corrected chi connectivity index (χ2v) is 8.98. The van der Waals surface area contributed by atoms with Gasteiger partial charge in [-0.25, -0.2) is 0 Å². The third-order valence-corrected chi connectivity index (χ3v) is 6.90. The number of nitrogens with zero attached hydrogens (tertiary/aromatic N) is 3. The fourth-order valence-electron chi connectivity index (χ4n) is 4.95. The number of rotatable bonds is 7. The van der Waals surface area contributed by atoms with Gasteiger partial charge >= 0.3 is 0 Å². The molecule has 3 rings (SSSR count). The van der Waals surface area contributed by atoms with E-state index in [1.165, 1.54) is 32.1 Å². The summed E-state index contributed by atoms with van der Waals surface area (Å²) in [5, 5.41) is 7.07. The topological polar surface area (TPSA) is 69.2 Å². The molecule has 2 N–H and O–H groups in total. The first-order valence-corrected chi connectivity index (χ1v) is 11.7. The van der Waals surface area contributed by atoms with E-state index < -0.39 is 0 Å². The van der Waals surface area contributed by atoms with Crippen LogP contribution in [-0.2, 0) is 9.53 Å². The summed E-state index contributed by atoms with van der Waals surface area (Å²) >= 11 is 0. The monoisotopic (exact) mass is 535 g/mol. The van der Waals surface area contributed by atoms with Crippen LogP contribution in [-0.4, -0.2) is 87.7 Å². The number of hydrogen-bond donors (Lipinski definition) is 2. The number of hydrogen-bond acceptors (Lipinski definition) is 4. The highest BCUT2D eigenvalue weighted by Crippen LogP contribution is 2.26. The molecule has 1 aliphatic carbocycles. The molecule has 3 fully saturated rings. The number of methoxy groups -OCH3 is 1. The van der Waals surface area contributed by atoms with Gasteiger partial charge in [0.15, 0.2) is 5.96 Å². The molecule has 8 heteroatoms. The first-order valence-electron chi connectivity index (χ1n) is 11.7. The summed E-state index contributed by atoms with van der Waals surface area (Å²) < 4.78 is 5.18. The van der Waals surface area contributed by atoms with Gasteiger partial charge in [0, 0.05) is 52.3 Å². The molecule has 0 aromatic rings. The van der Waals surface area contributed by atoms with Gasteiger partial charge in [0.2, 0.25) is 5.91 Å². The Morgan fingerprint density at radius 2 is 1.80 bits per heavy atom. The number of carbonyl (C=O) groups excluding carboxylic acids is 1. The molecule has 1 atom stereocenters. The molecule has 174 valence electrons. The number of carbonyl (C=O) groups is 1. The van der Waals surface area contributed by atoms with E-state index >= 15 is 0 Å². The number of aliphatic imine (C=N–C) groups is 1. The van der Waals surface area contributed by atoms with E-state index in [-0.39, 0.29) is 29.9 Å². The van der Waals surface area contributed by atoms with Crippen molar-refractivity contribution in [1.82, 2.24) is 20.4 Å². The minimum atomic E-state index is 0. The van der Waals surface area contributed by atoms with Crippen LogP contribution in [0.15, 0.2) is 4.99 Å². The van der Waals surface area contributed by atoms with Crippen molar-refractivity contribution in [2.24, 2.45) is 16.8 Å². The number of halogens is 1. The first-order chi connectivity index (χ1) is 14.2. The van der Waals surface area contributed by atoms with E-state index in [0.29, 0.717) is 17.9 Å². The van der Waals surface area contributed by atoms with Crippen molar-refractivity contribution in [2.75, 3.05) is 60.0 Å². The second kappa shape index (κ2) is 13.7. The van der Waals surface area contributed by atoms with Crippen LogP contribution < -0.4 is 10.6 Å². The lowest BCUT2D eigenvalue weighted by Gasteiger charge is -2.32. The molecule has 0 spiro atoms. The van der Waals surface area contributed by atoms with Crippen LogP contribution in [0.25, 0.3) is 0 Å². The molecular weight excluding hydrogens is 493 g/mol. The summed E-state index contributed by atoms with van der Waals surface area (Å²) in [6, 6.07) is 0.310. The molecule has 3 aliphatic rings. The van der Waals surface area contributed by atoms with E-state index in [4.69, 9.17) is 4.74 Å². The molecule has 0 bridgehead atoms. The zero-order chi connectivity index (χ0) is 20.5. The predicted molar refractivity (Wildman–Crippen MR) is 133 cm³/mol. The maximum absolute atomic E-state index is 12.8. The molecule has 7 nitrogen and oxygen atoms in total. The van der Waals surface area contributed by atoms with Gasteiger partial charge in [-0.2, -0.15) is 0 Å². The van der Waals surface area contributed by atoms with Gasteiger partial charge in [-0.3, -0.25) is 9.79 Å². The molecule has 1 saturated carbocycles. The quantitative estimate of drug-likeness (QED) is 0.298. The smallest absolute Gasteiger partial charge is 0.225 e. The van der Waals surface area contributed by atoms with Gasteiger partial charge in [-0.15, -0.1) is 24.0 Å². The van der Waals surface area contributed by atoms with E-state index in [1.807, 2.05) is 7.05 Å². The van der Waals surface area contributed by atoms with Gasteiger partial charge in [0.25, 0.3) is 0 Å². The van der Waals surface area contributed by atoms with E-state index in [9.17, 15) is 4.79 Å². The molecule has 0 aromatic heterocycles. The van der Waals surface area contributed by atoms with Gasteiger partial charge in [-0.1, -0.05) is 19.3 Å². The van der Waals surface area contributed by atoms with E-state index in [1.54, 1.807) is 7.11 Å². The van der Waals surface area contributed by atoms with Crippen LogP contribution in [0.5, 0.6) is 0 Å². The van der Waals surface area contributed by atoms with Crippen molar-refractivity contribution >= 4 is 35.8 Å². The lowest BCUT2D eigenvalue weighted by molar-refractivity contribution is -0.135. The number of nitrogens with one attached hydrogen (secondary N) is 2. The van der Waals surface area contributed by atoms with Gasteiger partial charge in [0.05, 0.1) is 6.61 Å². The van der Waals surface area contributed by atoms with Crippen molar-refractivity contribution in [3.8, 4) is 0 Å². The lowest BCUT2D eigenvalue weighted by atomic mass is 9.88. The number of piperidine rings is 1. The standard InChI is InChI=1S/C22H41N5O2.HI/c1-23-22(24-16-18-8-11-26(12-9-18)14-15-29-2)25-20-10-13-27(17-20)21(28)19-6-4-3-5-7-19;/h18-20H,3-17H2,1-2H3,(H2,23,24,25);1H. The van der Waals surface area contributed by atoms with Gasteiger partial charge in [0.1, 0.15) is 0 Å². The Bertz CT molecular complexity index is 534. The zero-order valence-electron chi connectivity index (χ0n) is 18.9. The molecule has 1 unspecified atom stereocenters. The van der Waals surface area contributed by atoms with Crippen molar-refractivity contribution in [2.45, 2.75) is 57.4 Å². The summed E-state index contributed by atoms with van der Waals surface area (Å²) in [4.78, 5) is 21.8. The maximum Gasteiger partial charge on any atom is 0.225 e. The fourth-order valence-corrected chi connectivity index (χ4v) is 4.95. The normalized spacial score (nSPS) is 24.5. The van der Waals surface area contributed by atoms with E-state index in [2.05, 4.69) is 25.4 Å². The molecule has 1 amide bonds. The third kappa shape index (κ3) is 7.82. The first kappa shape index (κ1) is 25.6. The predicted octanol–water partition coefficient (Wildman–Crippen LogP) is 2.31. The lowest BCUT2D eigenvalue weighted by Crippen LogP contribution is -2.47. The fraction of sp³-hybridized carbons (Fsp3) is 0.909.